The molecular formula is C9H12N2O3S. The molecule has 0 atom stereocenters. The van der Waals surface area contributed by atoms with Crippen molar-refractivity contribution in [1.82, 2.24) is 0 Å². The largest absolute Gasteiger partial charge is 0.489 e. The van der Waals surface area contributed by atoms with Crippen LogP contribution < -0.4 is 14.8 Å². The first kappa shape index (κ1) is 10.1. The van der Waals surface area contributed by atoms with Crippen LogP contribution in [0.2, 0.25) is 0 Å². The molecule has 1 aliphatic heterocycles. The summed E-state index contributed by atoms with van der Waals surface area (Å²) in [4.78, 5) is 0. The molecule has 0 saturated heterocycles. The number of hydrogen-bond donors (Lipinski definition) is 1. The number of nitrogen functional groups attached to an aromatic ring is 1. The Hall–Kier alpha value is -1.43. The van der Waals surface area contributed by atoms with Crippen molar-refractivity contribution >= 4 is 21.4 Å². The molecule has 0 amide bonds. The van der Waals surface area contributed by atoms with Crippen molar-refractivity contribution < 1.29 is 13.2 Å². The van der Waals surface area contributed by atoms with Gasteiger partial charge in [0.2, 0.25) is 10.0 Å². The zero-order chi connectivity index (χ0) is 11.1. The topological polar surface area (TPSA) is 72.6 Å². The molecule has 6 heteroatoms. The summed E-state index contributed by atoms with van der Waals surface area (Å²) < 4.78 is 29.6. The maximum Gasteiger partial charge on any atom is 0.232 e. The average molecular weight is 228 g/mol. The van der Waals surface area contributed by atoms with Crippen molar-refractivity contribution in [3.05, 3.63) is 18.2 Å². The van der Waals surface area contributed by atoms with Gasteiger partial charge < -0.3 is 10.5 Å². The van der Waals surface area contributed by atoms with Gasteiger partial charge in [-0.2, -0.15) is 0 Å². The highest BCUT2D eigenvalue weighted by Crippen LogP contribution is 2.34. The highest BCUT2D eigenvalue weighted by atomic mass is 32.2. The van der Waals surface area contributed by atoms with Crippen LogP contribution in [-0.2, 0) is 10.0 Å². The Morgan fingerprint density at radius 1 is 1.47 bits per heavy atom. The lowest BCUT2D eigenvalue weighted by atomic mass is 10.2. The molecule has 0 fully saturated rings. The van der Waals surface area contributed by atoms with Gasteiger partial charge in [-0.1, -0.05) is 0 Å². The van der Waals surface area contributed by atoms with Crippen LogP contribution in [0.4, 0.5) is 11.4 Å². The van der Waals surface area contributed by atoms with Gasteiger partial charge in [0, 0.05) is 11.8 Å². The summed E-state index contributed by atoms with van der Waals surface area (Å²) in [6.45, 7) is 0.694. The molecule has 1 aliphatic rings. The van der Waals surface area contributed by atoms with Gasteiger partial charge in [0.05, 0.1) is 18.5 Å². The Kier molecular flexibility index (Phi) is 2.22. The van der Waals surface area contributed by atoms with Gasteiger partial charge in [0.15, 0.2) is 0 Å². The minimum absolute atomic E-state index is 0.343. The minimum atomic E-state index is -3.24. The number of benzene rings is 1. The van der Waals surface area contributed by atoms with Crippen molar-refractivity contribution in [3.8, 4) is 5.75 Å². The van der Waals surface area contributed by atoms with E-state index in [1.165, 1.54) is 10.6 Å². The number of rotatable bonds is 1. The van der Waals surface area contributed by atoms with Gasteiger partial charge in [0.25, 0.3) is 0 Å². The van der Waals surface area contributed by atoms with Crippen molar-refractivity contribution in [2.75, 3.05) is 29.4 Å². The molecule has 5 nitrogen and oxygen atoms in total. The first-order valence-electron chi connectivity index (χ1n) is 4.48. The lowest BCUT2D eigenvalue weighted by Crippen LogP contribution is -2.37. The van der Waals surface area contributed by atoms with E-state index in [0.717, 1.165) is 0 Å². The SMILES string of the molecule is CS(=O)(=O)N1CCOc2cc(N)ccc21. The maximum absolute atomic E-state index is 11.5. The third kappa shape index (κ3) is 1.85. The van der Waals surface area contributed by atoms with Gasteiger partial charge in [-0.15, -0.1) is 0 Å². The standard InChI is InChI=1S/C9H12N2O3S/c1-15(12,13)11-4-5-14-9-6-7(10)2-3-8(9)11/h2-3,6H,4-5,10H2,1H3. The first-order chi connectivity index (χ1) is 6.98. The van der Waals surface area contributed by atoms with Gasteiger partial charge in [0.1, 0.15) is 12.4 Å². The second-order valence-electron chi connectivity index (χ2n) is 3.41. The Morgan fingerprint density at radius 2 is 2.20 bits per heavy atom. The summed E-state index contributed by atoms with van der Waals surface area (Å²) >= 11 is 0. The number of fused-ring (bicyclic) bond motifs is 1. The molecule has 0 unspecified atom stereocenters. The average Bonchev–Trinajstić information content (AvgIpc) is 2.15. The Balaban J connectivity index is 2.52. The van der Waals surface area contributed by atoms with E-state index in [-0.39, 0.29) is 0 Å². The Bertz CT molecular complexity index is 484. The van der Waals surface area contributed by atoms with Crippen LogP contribution in [0.25, 0.3) is 0 Å². The second-order valence-corrected chi connectivity index (χ2v) is 5.32. The fourth-order valence-corrected chi connectivity index (χ4v) is 2.47. The van der Waals surface area contributed by atoms with Crippen molar-refractivity contribution in [3.63, 3.8) is 0 Å². The predicted octanol–water partition coefficient (Wildman–Crippen LogP) is 0.427. The molecule has 15 heavy (non-hydrogen) atoms. The Morgan fingerprint density at radius 3 is 2.87 bits per heavy atom. The molecule has 1 aromatic rings. The van der Waals surface area contributed by atoms with Crippen LogP contribution >= 0.6 is 0 Å². The summed E-state index contributed by atoms with van der Waals surface area (Å²) in [6, 6.07) is 4.95. The predicted molar refractivity (Wildman–Crippen MR) is 58.5 cm³/mol. The maximum atomic E-state index is 11.5. The number of hydrogen-bond acceptors (Lipinski definition) is 4. The number of nitrogens with two attached hydrogens (primary N) is 1. The Labute approximate surface area is 88.5 Å². The van der Waals surface area contributed by atoms with Crippen LogP contribution in [0.5, 0.6) is 5.75 Å². The monoisotopic (exact) mass is 228 g/mol. The number of anilines is 2. The molecule has 2 N–H and O–H groups in total. The van der Waals surface area contributed by atoms with E-state index in [0.29, 0.717) is 30.3 Å². The lowest BCUT2D eigenvalue weighted by molar-refractivity contribution is 0.316. The number of sulfonamides is 1. The van der Waals surface area contributed by atoms with Crippen LogP contribution in [0, 0.1) is 0 Å². The van der Waals surface area contributed by atoms with Crippen molar-refractivity contribution in [1.29, 1.82) is 0 Å². The van der Waals surface area contributed by atoms with E-state index in [4.69, 9.17) is 10.5 Å². The van der Waals surface area contributed by atoms with E-state index >= 15 is 0 Å². The summed E-state index contributed by atoms with van der Waals surface area (Å²) in [5, 5.41) is 0. The van der Waals surface area contributed by atoms with Crippen LogP contribution in [-0.4, -0.2) is 27.8 Å². The minimum Gasteiger partial charge on any atom is -0.489 e. The van der Waals surface area contributed by atoms with Gasteiger partial charge in [-0.25, -0.2) is 8.42 Å². The van der Waals surface area contributed by atoms with Crippen LogP contribution in [0.1, 0.15) is 0 Å². The molecule has 0 aliphatic carbocycles. The number of nitrogens with zero attached hydrogens (tertiary/aromatic N) is 1. The fourth-order valence-electron chi connectivity index (χ4n) is 1.56. The molecule has 0 bridgehead atoms. The molecule has 0 spiro atoms. The van der Waals surface area contributed by atoms with E-state index in [2.05, 4.69) is 0 Å². The van der Waals surface area contributed by atoms with E-state index in [1.807, 2.05) is 0 Å². The van der Waals surface area contributed by atoms with Crippen LogP contribution in [0.15, 0.2) is 18.2 Å². The van der Waals surface area contributed by atoms with Gasteiger partial charge in [-0.3, -0.25) is 4.31 Å². The van der Waals surface area contributed by atoms with Crippen molar-refractivity contribution in [2.24, 2.45) is 0 Å². The molecule has 0 aromatic heterocycles. The normalized spacial score (nSPS) is 15.7. The summed E-state index contributed by atoms with van der Waals surface area (Å²) in [7, 11) is -3.24. The van der Waals surface area contributed by atoms with Crippen molar-refractivity contribution in [2.45, 2.75) is 0 Å². The van der Waals surface area contributed by atoms with Crippen LogP contribution in [0.3, 0.4) is 0 Å². The first-order valence-corrected chi connectivity index (χ1v) is 6.33. The summed E-state index contributed by atoms with van der Waals surface area (Å²) in [5.74, 6) is 0.520. The molecule has 2 rings (SSSR count). The fraction of sp³-hybridized carbons (Fsp3) is 0.333. The lowest BCUT2D eigenvalue weighted by Gasteiger charge is -2.29. The molecule has 1 heterocycles. The van der Waals surface area contributed by atoms with E-state index < -0.39 is 10.0 Å². The van der Waals surface area contributed by atoms with E-state index in [9.17, 15) is 8.42 Å². The molecule has 1 aromatic carbocycles. The number of ether oxygens (including phenoxy) is 1. The van der Waals surface area contributed by atoms with E-state index in [1.54, 1.807) is 18.2 Å². The third-order valence-electron chi connectivity index (χ3n) is 2.20. The molecule has 0 radical (unpaired) electrons. The smallest absolute Gasteiger partial charge is 0.232 e. The quantitative estimate of drug-likeness (QED) is 0.707. The van der Waals surface area contributed by atoms with Gasteiger partial charge >= 0.3 is 0 Å². The zero-order valence-electron chi connectivity index (χ0n) is 8.30. The molecule has 0 saturated carbocycles. The zero-order valence-corrected chi connectivity index (χ0v) is 9.12. The molecular weight excluding hydrogens is 216 g/mol. The highest BCUT2D eigenvalue weighted by molar-refractivity contribution is 7.92. The summed E-state index contributed by atoms with van der Waals surface area (Å²) in [5.41, 5.74) is 6.70. The summed E-state index contributed by atoms with van der Waals surface area (Å²) in [6.07, 6.45) is 1.18. The second kappa shape index (κ2) is 3.30. The van der Waals surface area contributed by atoms with Gasteiger partial charge in [-0.05, 0) is 12.1 Å². The third-order valence-corrected chi connectivity index (χ3v) is 3.38. The highest BCUT2D eigenvalue weighted by Gasteiger charge is 2.24. The molecule has 82 valence electrons.